The Hall–Kier alpha value is -2.12. The minimum absolute atomic E-state index is 0.111. The fraction of sp³-hybridized carbons (Fsp3) is 0.364. The molecule has 0 spiro atoms. The normalized spacial score (nSPS) is 19.3. The molecule has 29 heavy (non-hydrogen) atoms. The van der Waals surface area contributed by atoms with E-state index in [1.54, 1.807) is 11.8 Å². The van der Waals surface area contributed by atoms with Gasteiger partial charge in [0.05, 0.1) is 16.8 Å². The summed E-state index contributed by atoms with van der Waals surface area (Å²) in [4.78, 5) is 0. The predicted octanol–water partition coefficient (Wildman–Crippen LogP) is 3.98. The molecular weight excluding hydrogens is 402 g/mol. The van der Waals surface area contributed by atoms with Crippen molar-refractivity contribution >= 4 is 21.6 Å². The summed E-state index contributed by atoms with van der Waals surface area (Å²) in [5.41, 5.74) is 3.72. The molecule has 7 heteroatoms. The smallest absolute Gasteiger partial charge is 0.191 e. The standard InChI is InChI=1S/C22H25N3O2S2/c1-16-8-6-7-11-19(16)21(18-9-4-3-5-10-18)28-22-24-23-20(25(22)2)14-17-12-13-29(26,27)15-17/h3-11,17,21H,12-15H2,1-2H3. The number of rotatable bonds is 6. The van der Waals surface area contributed by atoms with Crippen LogP contribution in [0.25, 0.3) is 0 Å². The van der Waals surface area contributed by atoms with Gasteiger partial charge in [-0.2, -0.15) is 0 Å². The van der Waals surface area contributed by atoms with E-state index in [1.807, 2.05) is 17.7 Å². The second-order valence-electron chi connectivity index (χ2n) is 7.70. The van der Waals surface area contributed by atoms with Gasteiger partial charge in [-0.15, -0.1) is 10.2 Å². The lowest BCUT2D eigenvalue weighted by molar-refractivity contribution is 0.552. The highest BCUT2D eigenvalue weighted by atomic mass is 32.2. The van der Waals surface area contributed by atoms with Gasteiger partial charge in [-0.25, -0.2) is 8.42 Å². The van der Waals surface area contributed by atoms with Gasteiger partial charge >= 0.3 is 0 Å². The molecule has 2 unspecified atom stereocenters. The maximum Gasteiger partial charge on any atom is 0.191 e. The second kappa shape index (κ2) is 8.32. The Morgan fingerprint density at radius 3 is 2.52 bits per heavy atom. The molecule has 152 valence electrons. The first kappa shape index (κ1) is 20.2. The van der Waals surface area contributed by atoms with Crippen molar-refractivity contribution in [3.8, 4) is 0 Å². The zero-order valence-corrected chi connectivity index (χ0v) is 18.3. The van der Waals surface area contributed by atoms with Crippen LogP contribution in [0.15, 0.2) is 59.8 Å². The van der Waals surface area contributed by atoms with Crippen molar-refractivity contribution < 1.29 is 8.42 Å². The highest BCUT2D eigenvalue weighted by molar-refractivity contribution is 7.99. The maximum absolute atomic E-state index is 11.8. The summed E-state index contributed by atoms with van der Waals surface area (Å²) in [6.45, 7) is 2.13. The SMILES string of the molecule is Cc1ccccc1C(Sc1nnc(CC2CCS(=O)(=O)C2)n1C)c1ccccc1. The third kappa shape index (κ3) is 4.56. The van der Waals surface area contributed by atoms with Crippen LogP contribution in [0.4, 0.5) is 0 Å². The van der Waals surface area contributed by atoms with Gasteiger partial charge in [-0.05, 0) is 36.0 Å². The minimum Gasteiger partial charge on any atom is -0.309 e. The van der Waals surface area contributed by atoms with Crippen LogP contribution in [0.3, 0.4) is 0 Å². The van der Waals surface area contributed by atoms with Crippen LogP contribution in [-0.2, 0) is 23.3 Å². The molecule has 1 aliphatic heterocycles. The molecule has 0 aliphatic carbocycles. The van der Waals surface area contributed by atoms with E-state index in [1.165, 1.54) is 16.7 Å². The molecular formula is C22H25N3O2S2. The Kier molecular flexibility index (Phi) is 5.79. The molecule has 2 atom stereocenters. The zero-order chi connectivity index (χ0) is 20.4. The number of thioether (sulfide) groups is 1. The van der Waals surface area contributed by atoms with Gasteiger partial charge < -0.3 is 4.57 Å². The fourth-order valence-corrected chi connectivity index (χ4v) is 6.95. The minimum atomic E-state index is -2.88. The van der Waals surface area contributed by atoms with E-state index in [4.69, 9.17) is 0 Å². The monoisotopic (exact) mass is 427 g/mol. The highest BCUT2D eigenvalue weighted by Crippen LogP contribution is 2.41. The van der Waals surface area contributed by atoms with Crippen molar-refractivity contribution in [3.63, 3.8) is 0 Å². The van der Waals surface area contributed by atoms with Crippen LogP contribution in [0, 0.1) is 12.8 Å². The van der Waals surface area contributed by atoms with Gasteiger partial charge in [-0.3, -0.25) is 0 Å². The molecule has 0 radical (unpaired) electrons. The summed E-state index contributed by atoms with van der Waals surface area (Å²) in [5, 5.41) is 9.78. The Labute approximate surface area is 176 Å². The number of aromatic nitrogens is 3. The summed E-state index contributed by atoms with van der Waals surface area (Å²) < 4.78 is 25.5. The molecule has 0 saturated carbocycles. The third-order valence-electron chi connectivity index (χ3n) is 5.52. The molecule has 1 aromatic heterocycles. The first-order valence-electron chi connectivity index (χ1n) is 9.79. The van der Waals surface area contributed by atoms with E-state index in [-0.39, 0.29) is 16.9 Å². The molecule has 4 rings (SSSR count). The van der Waals surface area contributed by atoms with Gasteiger partial charge in [0.1, 0.15) is 5.82 Å². The van der Waals surface area contributed by atoms with Crippen LogP contribution < -0.4 is 0 Å². The van der Waals surface area contributed by atoms with Crippen molar-refractivity contribution in [1.29, 1.82) is 0 Å². The predicted molar refractivity (Wildman–Crippen MR) is 117 cm³/mol. The van der Waals surface area contributed by atoms with Gasteiger partial charge in [-0.1, -0.05) is 66.4 Å². The van der Waals surface area contributed by atoms with E-state index in [0.29, 0.717) is 18.6 Å². The lowest BCUT2D eigenvalue weighted by atomic mass is 10.0. The Morgan fingerprint density at radius 1 is 1.10 bits per heavy atom. The van der Waals surface area contributed by atoms with Crippen molar-refractivity contribution in [3.05, 3.63) is 77.1 Å². The van der Waals surface area contributed by atoms with Crippen molar-refractivity contribution in [1.82, 2.24) is 14.8 Å². The molecule has 0 bridgehead atoms. The lowest BCUT2D eigenvalue weighted by Gasteiger charge is -2.19. The topological polar surface area (TPSA) is 64.8 Å². The quantitative estimate of drug-likeness (QED) is 0.557. The van der Waals surface area contributed by atoms with Gasteiger partial charge in [0.15, 0.2) is 15.0 Å². The molecule has 0 amide bonds. The number of sulfone groups is 1. The van der Waals surface area contributed by atoms with Crippen molar-refractivity contribution in [2.24, 2.45) is 13.0 Å². The number of benzene rings is 2. The molecule has 2 heterocycles. The molecule has 5 nitrogen and oxygen atoms in total. The van der Waals surface area contributed by atoms with Gasteiger partial charge in [0.25, 0.3) is 0 Å². The summed E-state index contributed by atoms with van der Waals surface area (Å²) in [7, 11) is -0.907. The van der Waals surface area contributed by atoms with Crippen molar-refractivity contribution in [2.75, 3.05) is 11.5 Å². The largest absolute Gasteiger partial charge is 0.309 e. The molecule has 0 N–H and O–H groups in total. The summed E-state index contributed by atoms with van der Waals surface area (Å²) in [5.74, 6) is 1.55. The Morgan fingerprint density at radius 2 is 1.83 bits per heavy atom. The Balaban J connectivity index is 1.60. The summed E-state index contributed by atoms with van der Waals surface area (Å²) in [6.07, 6.45) is 1.37. The van der Waals surface area contributed by atoms with Gasteiger partial charge in [0, 0.05) is 13.5 Å². The van der Waals surface area contributed by atoms with E-state index < -0.39 is 9.84 Å². The zero-order valence-electron chi connectivity index (χ0n) is 16.7. The van der Waals surface area contributed by atoms with Crippen LogP contribution in [0.2, 0.25) is 0 Å². The van der Waals surface area contributed by atoms with Crippen molar-refractivity contribution in [2.45, 2.75) is 30.2 Å². The number of hydrogen-bond acceptors (Lipinski definition) is 5. The van der Waals surface area contributed by atoms with E-state index in [9.17, 15) is 8.42 Å². The molecule has 1 saturated heterocycles. The third-order valence-corrected chi connectivity index (χ3v) is 8.68. The van der Waals surface area contributed by atoms with Gasteiger partial charge in [0.2, 0.25) is 0 Å². The van der Waals surface area contributed by atoms with E-state index in [0.717, 1.165) is 11.0 Å². The Bertz CT molecular complexity index is 1090. The first-order chi connectivity index (χ1) is 13.9. The average Bonchev–Trinajstić information content (AvgIpc) is 3.23. The van der Waals surface area contributed by atoms with Crippen LogP contribution in [-0.4, -0.2) is 34.7 Å². The van der Waals surface area contributed by atoms with Crippen LogP contribution in [0.1, 0.15) is 34.2 Å². The summed E-state index contributed by atoms with van der Waals surface area (Å²) >= 11 is 1.69. The average molecular weight is 428 g/mol. The molecule has 3 aromatic rings. The number of hydrogen-bond donors (Lipinski definition) is 0. The summed E-state index contributed by atoms with van der Waals surface area (Å²) in [6, 6.07) is 18.9. The van der Waals surface area contributed by atoms with Crippen LogP contribution in [0.5, 0.6) is 0 Å². The fourth-order valence-electron chi connectivity index (χ4n) is 3.84. The molecule has 1 fully saturated rings. The first-order valence-corrected chi connectivity index (χ1v) is 12.5. The number of nitrogens with zero attached hydrogens (tertiary/aromatic N) is 3. The lowest BCUT2D eigenvalue weighted by Crippen LogP contribution is -2.11. The molecule has 2 aromatic carbocycles. The van der Waals surface area contributed by atoms with E-state index in [2.05, 4.69) is 65.7 Å². The number of aryl methyl sites for hydroxylation is 1. The highest BCUT2D eigenvalue weighted by Gasteiger charge is 2.29. The molecule has 1 aliphatic rings. The van der Waals surface area contributed by atoms with E-state index >= 15 is 0 Å². The second-order valence-corrected chi connectivity index (χ2v) is 11.0. The van der Waals surface area contributed by atoms with Crippen LogP contribution >= 0.6 is 11.8 Å². The maximum atomic E-state index is 11.8.